The number of nitrogens with zero attached hydrogens (tertiary/aromatic N) is 2. The molecule has 2 N–H and O–H groups in total. The number of para-hydroxylation sites is 1. The van der Waals surface area contributed by atoms with Crippen LogP contribution in [-0.2, 0) is 17.3 Å². The van der Waals surface area contributed by atoms with Gasteiger partial charge in [-0.05, 0) is 91.8 Å². The van der Waals surface area contributed by atoms with Crippen molar-refractivity contribution in [3.8, 4) is 5.69 Å². The van der Waals surface area contributed by atoms with Crippen LogP contribution in [0.15, 0.2) is 71.5 Å². The van der Waals surface area contributed by atoms with E-state index in [4.69, 9.17) is 4.74 Å². The average Bonchev–Trinajstić information content (AvgIpc) is 3.02. The van der Waals surface area contributed by atoms with Crippen molar-refractivity contribution in [2.75, 3.05) is 7.11 Å². The SMILES string of the molecule is COC(=O)c1c(Cc2ccc(C(=O)NC3C4CC5C[C@H]3CC(O)(C5)C4)cc2)c(=O)c2ccc(C(F)(F)F)nc2n1-c1ccccc1. The summed E-state index contributed by atoms with van der Waals surface area (Å²) in [6, 6.07) is 16.8. The molecule has 4 unspecified atom stereocenters. The molecule has 5 atom stereocenters. The van der Waals surface area contributed by atoms with E-state index >= 15 is 0 Å². The van der Waals surface area contributed by atoms with Crippen LogP contribution in [0.3, 0.4) is 0 Å². The molecule has 0 saturated heterocycles. The average molecular weight is 632 g/mol. The molecule has 4 aliphatic carbocycles. The van der Waals surface area contributed by atoms with Gasteiger partial charge in [-0.15, -0.1) is 0 Å². The first kappa shape index (κ1) is 30.2. The number of ether oxygens (including phenoxy) is 1. The monoisotopic (exact) mass is 631 g/mol. The van der Waals surface area contributed by atoms with Gasteiger partial charge in [-0.25, -0.2) is 9.78 Å². The first-order chi connectivity index (χ1) is 21.9. The molecule has 0 aliphatic heterocycles. The molecule has 11 heteroatoms. The van der Waals surface area contributed by atoms with Gasteiger partial charge in [0, 0.05) is 29.3 Å². The number of aromatic nitrogens is 2. The molecule has 1 amide bonds. The molecule has 238 valence electrons. The second kappa shape index (κ2) is 11.1. The summed E-state index contributed by atoms with van der Waals surface area (Å²) in [5, 5.41) is 14.0. The molecule has 4 aromatic rings. The highest BCUT2D eigenvalue weighted by molar-refractivity contribution is 5.95. The fourth-order valence-electron chi connectivity index (χ4n) is 8.20. The van der Waals surface area contributed by atoms with E-state index in [9.17, 15) is 32.7 Å². The summed E-state index contributed by atoms with van der Waals surface area (Å²) >= 11 is 0. The quantitative estimate of drug-likeness (QED) is 0.274. The van der Waals surface area contributed by atoms with E-state index in [0.717, 1.165) is 38.5 Å². The van der Waals surface area contributed by atoms with Crippen LogP contribution < -0.4 is 10.7 Å². The zero-order chi connectivity index (χ0) is 32.4. The summed E-state index contributed by atoms with van der Waals surface area (Å²) < 4.78 is 47.3. The number of methoxy groups -OCH3 is 1. The van der Waals surface area contributed by atoms with Gasteiger partial charge in [0.2, 0.25) is 0 Å². The molecule has 4 aliphatic rings. The summed E-state index contributed by atoms with van der Waals surface area (Å²) in [7, 11) is 1.13. The van der Waals surface area contributed by atoms with Crippen molar-refractivity contribution >= 4 is 22.9 Å². The maximum Gasteiger partial charge on any atom is 0.433 e. The Labute approximate surface area is 262 Å². The second-order valence-electron chi connectivity index (χ2n) is 13.0. The normalized spacial score (nSPS) is 25.1. The van der Waals surface area contributed by atoms with Gasteiger partial charge < -0.3 is 15.2 Å². The fourth-order valence-corrected chi connectivity index (χ4v) is 8.20. The number of halogens is 3. The Morgan fingerprint density at radius 3 is 2.28 bits per heavy atom. The molecule has 0 spiro atoms. The van der Waals surface area contributed by atoms with Crippen molar-refractivity contribution in [1.82, 2.24) is 14.9 Å². The van der Waals surface area contributed by atoms with E-state index in [2.05, 4.69) is 10.3 Å². The Morgan fingerprint density at radius 2 is 1.67 bits per heavy atom. The highest BCUT2D eigenvalue weighted by Gasteiger charge is 2.55. The summed E-state index contributed by atoms with van der Waals surface area (Å²) in [5.41, 5.74) is -1.61. The number of carbonyl (C=O) groups is 2. The van der Waals surface area contributed by atoms with Crippen molar-refractivity contribution in [2.24, 2.45) is 17.8 Å². The zero-order valence-electron chi connectivity index (χ0n) is 25.0. The Hall–Kier alpha value is -4.51. The molecule has 8 nitrogen and oxygen atoms in total. The lowest BCUT2D eigenvalue weighted by atomic mass is 9.52. The molecule has 4 bridgehead atoms. The molecular weight excluding hydrogens is 599 g/mol. The first-order valence-electron chi connectivity index (χ1n) is 15.4. The van der Waals surface area contributed by atoms with Crippen molar-refractivity contribution in [1.29, 1.82) is 0 Å². The Kier molecular flexibility index (Phi) is 7.26. The van der Waals surface area contributed by atoms with Crippen LogP contribution in [0.2, 0.25) is 0 Å². The van der Waals surface area contributed by atoms with E-state index in [1.807, 2.05) is 0 Å². The van der Waals surface area contributed by atoms with E-state index in [-0.39, 0.29) is 52.5 Å². The van der Waals surface area contributed by atoms with Crippen LogP contribution >= 0.6 is 0 Å². The second-order valence-corrected chi connectivity index (χ2v) is 13.0. The number of rotatable bonds is 6. The molecule has 46 heavy (non-hydrogen) atoms. The maximum absolute atomic E-state index is 13.8. The van der Waals surface area contributed by atoms with Gasteiger partial charge in [-0.2, -0.15) is 13.2 Å². The minimum atomic E-state index is -4.78. The van der Waals surface area contributed by atoms with E-state index < -0.39 is 28.9 Å². The minimum absolute atomic E-state index is 0.0205. The highest BCUT2D eigenvalue weighted by atomic mass is 19.4. The molecule has 4 fully saturated rings. The third-order valence-electron chi connectivity index (χ3n) is 9.93. The molecule has 2 heterocycles. The van der Waals surface area contributed by atoms with Gasteiger partial charge >= 0.3 is 12.1 Å². The lowest BCUT2D eigenvalue weighted by Crippen LogP contribution is -2.61. The summed E-state index contributed by atoms with van der Waals surface area (Å²) in [5.74, 6) is -0.0765. The van der Waals surface area contributed by atoms with Gasteiger partial charge in [0.25, 0.3) is 5.91 Å². The molecular formula is C35H32F3N3O5. The van der Waals surface area contributed by atoms with Crippen LogP contribution in [0, 0.1) is 17.8 Å². The summed E-state index contributed by atoms with van der Waals surface area (Å²) in [6.07, 6.45) is -0.506. The van der Waals surface area contributed by atoms with Crippen molar-refractivity contribution < 1.29 is 32.6 Å². The number of carbonyl (C=O) groups excluding carboxylic acids is 2. The van der Waals surface area contributed by atoms with E-state index in [1.54, 1.807) is 54.6 Å². The van der Waals surface area contributed by atoms with Crippen molar-refractivity contribution in [2.45, 2.75) is 56.3 Å². The first-order valence-corrected chi connectivity index (χ1v) is 15.4. The molecule has 4 saturated carbocycles. The number of alkyl halides is 3. The number of hydrogen-bond acceptors (Lipinski definition) is 6. The third-order valence-corrected chi connectivity index (χ3v) is 9.93. The topological polar surface area (TPSA) is 111 Å². The largest absolute Gasteiger partial charge is 0.464 e. The Bertz CT molecular complexity index is 1890. The number of nitrogens with one attached hydrogen (secondary N) is 1. The predicted octanol–water partition coefficient (Wildman–Crippen LogP) is 5.45. The Balaban J connectivity index is 1.23. The third kappa shape index (κ3) is 5.26. The summed E-state index contributed by atoms with van der Waals surface area (Å²) in [6.45, 7) is 0. The molecule has 0 radical (unpaired) electrons. The van der Waals surface area contributed by atoms with Crippen molar-refractivity contribution in [3.63, 3.8) is 0 Å². The number of benzene rings is 2. The molecule has 8 rings (SSSR count). The van der Waals surface area contributed by atoms with Crippen molar-refractivity contribution in [3.05, 3.63) is 105 Å². The van der Waals surface area contributed by atoms with Gasteiger partial charge in [0.05, 0.1) is 18.1 Å². The lowest BCUT2D eigenvalue weighted by Gasteiger charge is -2.58. The highest BCUT2D eigenvalue weighted by Crippen LogP contribution is 2.55. The minimum Gasteiger partial charge on any atom is -0.464 e. The number of pyridine rings is 2. The number of aliphatic hydroxyl groups is 1. The van der Waals surface area contributed by atoms with E-state index in [0.29, 0.717) is 35.6 Å². The predicted molar refractivity (Wildman–Crippen MR) is 163 cm³/mol. The smallest absolute Gasteiger partial charge is 0.433 e. The van der Waals surface area contributed by atoms with Crippen LogP contribution in [0.5, 0.6) is 0 Å². The van der Waals surface area contributed by atoms with Crippen LogP contribution in [0.25, 0.3) is 16.7 Å². The maximum atomic E-state index is 13.8. The number of hydrogen-bond donors (Lipinski definition) is 2. The van der Waals surface area contributed by atoms with Crippen LogP contribution in [0.4, 0.5) is 13.2 Å². The fraction of sp³-hybridized carbons (Fsp3) is 0.371. The molecule has 2 aromatic heterocycles. The van der Waals surface area contributed by atoms with Gasteiger partial charge in [-0.3, -0.25) is 14.2 Å². The van der Waals surface area contributed by atoms with E-state index in [1.165, 1.54) is 4.57 Å². The number of fused-ring (bicyclic) bond motifs is 1. The zero-order valence-corrected chi connectivity index (χ0v) is 25.0. The molecule has 2 aromatic carbocycles. The Morgan fingerprint density at radius 1 is 1.00 bits per heavy atom. The van der Waals surface area contributed by atoms with Gasteiger partial charge in [-0.1, -0.05) is 30.3 Å². The lowest BCUT2D eigenvalue weighted by molar-refractivity contribution is -0.141. The number of esters is 1. The standard InChI is InChI=1S/C35H32F3N3O5/c1-46-33(44)29-26(30(42)25-11-12-27(35(36,37)38)39-31(25)41(29)24-5-3-2-4-6-24)15-19-7-9-21(10-8-19)32(43)40-28-22-13-20-14-23(28)18-34(45,16-20)17-22/h2-12,20,22-23,28,45H,13-18H2,1H3,(H,40,43)/t20?,22-,23?,28?,34?/m0/s1. The number of amides is 1. The van der Waals surface area contributed by atoms with Crippen LogP contribution in [0.1, 0.15) is 69.8 Å². The van der Waals surface area contributed by atoms with Crippen LogP contribution in [-0.4, -0.2) is 45.3 Å². The van der Waals surface area contributed by atoms with Gasteiger partial charge in [0.1, 0.15) is 17.0 Å². The summed E-state index contributed by atoms with van der Waals surface area (Å²) in [4.78, 5) is 44.2. The van der Waals surface area contributed by atoms with Gasteiger partial charge in [0.15, 0.2) is 5.43 Å².